The van der Waals surface area contributed by atoms with Crippen LogP contribution in [0, 0.1) is 0 Å². The van der Waals surface area contributed by atoms with Crippen molar-refractivity contribution in [2.75, 3.05) is 7.05 Å². The molecule has 0 amide bonds. The first-order valence-electron chi connectivity index (χ1n) is 6.01. The first-order valence-corrected chi connectivity index (χ1v) is 6.38. The summed E-state index contributed by atoms with van der Waals surface area (Å²) in [5.74, 6) is -0.953. The Morgan fingerprint density at radius 1 is 1.44 bits per heavy atom. The van der Waals surface area contributed by atoms with Crippen LogP contribution in [-0.4, -0.2) is 28.6 Å². The van der Waals surface area contributed by atoms with Gasteiger partial charge < -0.3 is 5.11 Å². The van der Waals surface area contributed by atoms with Crippen LogP contribution < -0.4 is 0 Å². The van der Waals surface area contributed by atoms with Gasteiger partial charge in [-0.25, -0.2) is 4.79 Å². The number of aromatic carboxylic acids is 1. The molecule has 0 aliphatic rings. The van der Waals surface area contributed by atoms with Crippen LogP contribution in [0.25, 0.3) is 0 Å². The smallest absolute Gasteiger partial charge is 0.335 e. The number of halogens is 1. The summed E-state index contributed by atoms with van der Waals surface area (Å²) < 4.78 is 0. The normalized spacial score (nSPS) is 11.9. The minimum atomic E-state index is -0.953. The molecule has 0 spiro atoms. The summed E-state index contributed by atoms with van der Waals surface area (Å²) in [5, 5.41) is 9.39. The number of nitrogens with zero attached hydrogens (tertiary/aromatic N) is 1. The molecule has 0 unspecified atom stereocenters. The van der Waals surface area contributed by atoms with E-state index in [2.05, 4.69) is 25.7 Å². The SMILES string of the molecule is CCC(C)(C)N(C)Cc1ccc(C(=O)O)cc1Cl. The van der Waals surface area contributed by atoms with E-state index in [1.165, 1.54) is 6.07 Å². The molecule has 0 saturated heterocycles. The summed E-state index contributed by atoms with van der Waals surface area (Å²) in [4.78, 5) is 13.0. The first-order chi connectivity index (χ1) is 8.27. The zero-order valence-corrected chi connectivity index (χ0v) is 12.1. The van der Waals surface area contributed by atoms with E-state index in [0.29, 0.717) is 11.6 Å². The van der Waals surface area contributed by atoms with Crippen molar-refractivity contribution in [2.24, 2.45) is 0 Å². The number of rotatable bonds is 5. The third-order valence-electron chi connectivity index (χ3n) is 3.61. The van der Waals surface area contributed by atoms with Crippen LogP contribution in [0.15, 0.2) is 18.2 Å². The van der Waals surface area contributed by atoms with Gasteiger partial charge in [0, 0.05) is 17.1 Å². The maximum Gasteiger partial charge on any atom is 0.335 e. The fourth-order valence-electron chi connectivity index (χ4n) is 1.55. The lowest BCUT2D eigenvalue weighted by molar-refractivity contribution is 0.0697. The van der Waals surface area contributed by atoms with E-state index >= 15 is 0 Å². The molecule has 1 N–H and O–H groups in total. The average Bonchev–Trinajstić information content (AvgIpc) is 2.31. The van der Waals surface area contributed by atoms with Crippen LogP contribution in [0.3, 0.4) is 0 Å². The number of carbonyl (C=O) groups is 1. The van der Waals surface area contributed by atoms with E-state index in [1.807, 2.05) is 7.05 Å². The molecular weight excluding hydrogens is 250 g/mol. The van der Waals surface area contributed by atoms with Gasteiger partial charge in [-0.3, -0.25) is 4.90 Å². The largest absolute Gasteiger partial charge is 0.478 e. The Bertz CT molecular complexity index is 443. The molecule has 100 valence electrons. The van der Waals surface area contributed by atoms with Gasteiger partial charge in [-0.05, 0) is 45.0 Å². The molecule has 0 heterocycles. The molecular formula is C14H20ClNO2. The summed E-state index contributed by atoms with van der Waals surface area (Å²) in [6.45, 7) is 7.20. The Morgan fingerprint density at radius 3 is 2.50 bits per heavy atom. The van der Waals surface area contributed by atoms with Gasteiger partial charge in [-0.1, -0.05) is 24.6 Å². The summed E-state index contributed by atoms with van der Waals surface area (Å²) in [6.07, 6.45) is 1.04. The third-order valence-corrected chi connectivity index (χ3v) is 3.96. The molecule has 0 atom stereocenters. The molecule has 18 heavy (non-hydrogen) atoms. The summed E-state index contributed by atoms with van der Waals surface area (Å²) >= 11 is 6.12. The van der Waals surface area contributed by atoms with Crippen LogP contribution >= 0.6 is 11.6 Å². The monoisotopic (exact) mass is 269 g/mol. The van der Waals surface area contributed by atoms with E-state index in [-0.39, 0.29) is 11.1 Å². The average molecular weight is 270 g/mol. The zero-order chi connectivity index (χ0) is 13.9. The number of hydrogen-bond acceptors (Lipinski definition) is 2. The van der Waals surface area contributed by atoms with Gasteiger partial charge >= 0.3 is 5.97 Å². The quantitative estimate of drug-likeness (QED) is 0.887. The van der Waals surface area contributed by atoms with Crippen molar-refractivity contribution >= 4 is 17.6 Å². The molecule has 0 radical (unpaired) electrons. The van der Waals surface area contributed by atoms with Gasteiger partial charge in [0.2, 0.25) is 0 Å². The second-order valence-corrected chi connectivity index (χ2v) is 5.54. The van der Waals surface area contributed by atoms with Crippen molar-refractivity contribution in [3.05, 3.63) is 34.3 Å². The van der Waals surface area contributed by atoms with E-state index < -0.39 is 5.97 Å². The summed E-state index contributed by atoms with van der Waals surface area (Å²) in [5.41, 5.74) is 1.27. The predicted molar refractivity (Wildman–Crippen MR) is 74.2 cm³/mol. The topological polar surface area (TPSA) is 40.5 Å². The molecule has 3 nitrogen and oxygen atoms in total. The second kappa shape index (κ2) is 5.72. The maximum absolute atomic E-state index is 10.8. The lowest BCUT2D eigenvalue weighted by atomic mass is 9.99. The Balaban J connectivity index is 2.89. The fraction of sp³-hybridized carbons (Fsp3) is 0.500. The Morgan fingerprint density at radius 2 is 2.06 bits per heavy atom. The second-order valence-electron chi connectivity index (χ2n) is 5.13. The van der Waals surface area contributed by atoms with Gasteiger partial charge in [0.15, 0.2) is 0 Å². The number of hydrogen-bond donors (Lipinski definition) is 1. The minimum Gasteiger partial charge on any atom is -0.478 e. The number of carboxylic acid groups (broad SMARTS) is 1. The molecule has 0 aliphatic heterocycles. The zero-order valence-electron chi connectivity index (χ0n) is 11.3. The van der Waals surface area contributed by atoms with Crippen molar-refractivity contribution in [1.82, 2.24) is 4.90 Å². The summed E-state index contributed by atoms with van der Waals surface area (Å²) in [6, 6.07) is 4.89. The van der Waals surface area contributed by atoms with Crippen molar-refractivity contribution in [3.8, 4) is 0 Å². The standard InChI is InChI=1S/C14H20ClNO2/c1-5-14(2,3)16(4)9-11-7-6-10(13(17)18)8-12(11)15/h6-8H,5,9H2,1-4H3,(H,17,18). The van der Waals surface area contributed by atoms with Crippen LogP contribution in [0.5, 0.6) is 0 Å². The van der Waals surface area contributed by atoms with Gasteiger partial charge in [-0.2, -0.15) is 0 Å². The highest BCUT2D eigenvalue weighted by atomic mass is 35.5. The highest BCUT2D eigenvalue weighted by Crippen LogP contribution is 2.24. The van der Waals surface area contributed by atoms with Crippen molar-refractivity contribution in [1.29, 1.82) is 0 Å². The van der Waals surface area contributed by atoms with Gasteiger partial charge in [-0.15, -0.1) is 0 Å². The van der Waals surface area contributed by atoms with Gasteiger partial charge in [0.05, 0.1) is 5.56 Å². The van der Waals surface area contributed by atoms with E-state index in [4.69, 9.17) is 16.7 Å². The minimum absolute atomic E-state index is 0.0921. The molecule has 0 bridgehead atoms. The Hall–Kier alpha value is -1.06. The van der Waals surface area contributed by atoms with Crippen molar-refractivity contribution in [2.45, 2.75) is 39.3 Å². The molecule has 0 aliphatic carbocycles. The molecule has 1 aromatic carbocycles. The van der Waals surface area contributed by atoms with Crippen LogP contribution in [-0.2, 0) is 6.54 Å². The molecule has 1 rings (SSSR count). The molecule has 1 aromatic rings. The highest BCUT2D eigenvalue weighted by Gasteiger charge is 2.21. The van der Waals surface area contributed by atoms with Crippen LogP contribution in [0.4, 0.5) is 0 Å². The predicted octanol–water partition coefficient (Wildman–Crippen LogP) is 3.66. The lowest BCUT2D eigenvalue weighted by Crippen LogP contribution is -2.39. The molecule has 0 fully saturated rings. The maximum atomic E-state index is 10.8. The molecule has 0 saturated carbocycles. The Labute approximate surface area is 113 Å². The van der Waals surface area contributed by atoms with Crippen LogP contribution in [0.1, 0.15) is 43.1 Å². The summed E-state index contributed by atoms with van der Waals surface area (Å²) in [7, 11) is 2.05. The lowest BCUT2D eigenvalue weighted by Gasteiger charge is -2.35. The van der Waals surface area contributed by atoms with E-state index in [0.717, 1.165) is 12.0 Å². The fourth-order valence-corrected chi connectivity index (χ4v) is 1.79. The number of carboxylic acids is 1. The van der Waals surface area contributed by atoms with Crippen LogP contribution in [0.2, 0.25) is 5.02 Å². The van der Waals surface area contributed by atoms with Crippen molar-refractivity contribution < 1.29 is 9.90 Å². The Kier molecular flexibility index (Phi) is 4.77. The van der Waals surface area contributed by atoms with Gasteiger partial charge in [0.1, 0.15) is 0 Å². The van der Waals surface area contributed by atoms with E-state index in [1.54, 1.807) is 12.1 Å². The molecule has 4 heteroatoms. The van der Waals surface area contributed by atoms with E-state index in [9.17, 15) is 4.79 Å². The van der Waals surface area contributed by atoms with Gasteiger partial charge in [0.25, 0.3) is 0 Å². The highest BCUT2D eigenvalue weighted by molar-refractivity contribution is 6.31. The number of benzene rings is 1. The molecule has 0 aromatic heterocycles. The third kappa shape index (κ3) is 3.47. The van der Waals surface area contributed by atoms with Crippen molar-refractivity contribution in [3.63, 3.8) is 0 Å². The first kappa shape index (κ1) is 15.0.